The molecule has 1 aromatic heterocycles. The molecule has 1 N–H and O–H groups in total. The summed E-state index contributed by atoms with van der Waals surface area (Å²) in [5.74, 6) is -0.905. The summed E-state index contributed by atoms with van der Waals surface area (Å²) >= 11 is 0. The van der Waals surface area contributed by atoms with Crippen LogP contribution in [0.15, 0.2) is 22.6 Å². The van der Waals surface area contributed by atoms with Crippen molar-refractivity contribution in [1.82, 2.24) is 5.32 Å². The fourth-order valence-electron chi connectivity index (χ4n) is 1.99. The normalized spacial score (nSPS) is 13.2. The number of hydrogen-bond acceptors (Lipinski definition) is 2. The third-order valence-electron chi connectivity index (χ3n) is 2.75. The fraction of sp³-hybridized carbons (Fsp3) is 0.385. The molecule has 17 heavy (non-hydrogen) atoms. The van der Waals surface area contributed by atoms with Gasteiger partial charge in [-0.2, -0.15) is 8.78 Å². The first kappa shape index (κ1) is 12.0. The second-order valence-corrected chi connectivity index (χ2v) is 4.18. The molecule has 0 radical (unpaired) electrons. The number of nitrogens with one attached hydrogen (secondary N) is 1. The Balaban J connectivity index is 2.28. The van der Waals surface area contributed by atoms with Crippen molar-refractivity contribution in [3.05, 3.63) is 35.6 Å². The average molecular weight is 239 g/mol. The lowest BCUT2D eigenvalue weighted by atomic mass is 10.1. The second-order valence-electron chi connectivity index (χ2n) is 4.18. The first-order chi connectivity index (χ1) is 8.11. The molecule has 0 amide bonds. The van der Waals surface area contributed by atoms with E-state index in [1.54, 1.807) is 12.1 Å². The lowest BCUT2D eigenvalue weighted by molar-refractivity contribution is 0.343. The number of benzene rings is 1. The smallest absolute Gasteiger partial charge is 0.315 e. The van der Waals surface area contributed by atoms with E-state index in [4.69, 9.17) is 0 Å². The van der Waals surface area contributed by atoms with Crippen molar-refractivity contribution in [1.29, 1.82) is 0 Å². The van der Waals surface area contributed by atoms with Crippen molar-refractivity contribution in [2.24, 2.45) is 0 Å². The minimum atomic E-state index is -1.14. The number of fused-ring (bicyclic) bond motifs is 1. The fourth-order valence-corrected chi connectivity index (χ4v) is 1.99. The minimum absolute atomic E-state index is 0.212. The zero-order chi connectivity index (χ0) is 12.4. The predicted octanol–water partition coefficient (Wildman–Crippen LogP) is 3.25. The van der Waals surface area contributed by atoms with Crippen LogP contribution in [0.1, 0.15) is 19.4 Å². The van der Waals surface area contributed by atoms with Crippen LogP contribution in [-0.2, 0) is 6.42 Å². The SMILES string of the molecule is CCN[C@@H](C)Cc1ccc2oc(F)c(F)c2c1. The monoisotopic (exact) mass is 239 g/mol. The lowest BCUT2D eigenvalue weighted by Crippen LogP contribution is -2.27. The molecule has 0 aliphatic carbocycles. The van der Waals surface area contributed by atoms with Gasteiger partial charge in [0, 0.05) is 6.04 Å². The predicted molar refractivity (Wildman–Crippen MR) is 63.0 cm³/mol. The van der Waals surface area contributed by atoms with Crippen LogP contribution in [0.5, 0.6) is 0 Å². The third kappa shape index (κ3) is 2.47. The first-order valence-corrected chi connectivity index (χ1v) is 5.71. The molecule has 1 atom stereocenters. The highest BCUT2D eigenvalue weighted by Crippen LogP contribution is 2.24. The molecule has 92 valence electrons. The van der Waals surface area contributed by atoms with Gasteiger partial charge in [-0.3, -0.25) is 0 Å². The molecule has 0 saturated heterocycles. The van der Waals surface area contributed by atoms with Crippen LogP contribution in [-0.4, -0.2) is 12.6 Å². The summed E-state index contributed by atoms with van der Waals surface area (Å²) in [6, 6.07) is 4.24. The Kier molecular flexibility index (Phi) is 3.43. The summed E-state index contributed by atoms with van der Waals surface area (Å²) in [4.78, 5) is 0. The van der Waals surface area contributed by atoms with E-state index in [1.165, 1.54) is 0 Å². The summed E-state index contributed by atoms with van der Waals surface area (Å²) in [5.41, 5.74) is 1.21. The molecular formula is C13H15F2NO. The number of hydrogen-bond donors (Lipinski definition) is 1. The molecule has 0 spiro atoms. The molecule has 2 aromatic rings. The number of rotatable bonds is 4. The van der Waals surface area contributed by atoms with Gasteiger partial charge in [-0.25, -0.2) is 0 Å². The van der Waals surface area contributed by atoms with Crippen LogP contribution in [0, 0.1) is 11.8 Å². The first-order valence-electron chi connectivity index (χ1n) is 5.71. The van der Waals surface area contributed by atoms with Gasteiger partial charge in [0.05, 0.1) is 5.39 Å². The Hall–Kier alpha value is -1.42. The Morgan fingerprint density at radius 3 is 2.82 bits per heavy atom. The van der Waals surface area contributed by atoms with Crippen LogP contribution < -0.4 is 5.32 Å². The molecule has 2 nitrogen and oxygen atoms in total. The summed E-state index contributed by atoms with van der Waals surface area (Å²) in [6.07, 6.45) is 0.774. The van der Waals surface area contributed by atoms with E-state index in [1.807, 2.05) is 13.0 Å². The summed E-state index contributed by atoms with van der Waals surface area (Å²) in [6.45, 7) is 4.98. The van der Waals surface area contributed by atoms with Gasteiger partial charge in [-0.05, 0) is 37.6 Å². The van der Waals surface area contributed by atoms with Crippen LogP contribution in [0.25, 0.3) is 11.0 Å². The highest BCUT2D eigenvalue weighted by atomic mass is 19.2. The zero-order valence-electron chi connectivity index (χ0n) is 9.89. The molecule has 0 bridgehead atoms. The highest BCUT2D eigenvalue weighted by molar-refractivity contribution is 5.78. The van der Waals surface area contributed by atoms with Gasteiger partial charge in [0.1, 0.15) is 5.58 Å². The van der Waals surface area contributed by atoms with E-state index in [2.05, 4.69) is 16.7 Å². The zero-order valence-corrected chi connectivity index (χ0v) is 9.89. The van der Waals surface area contributed by atoms with Gasteiger partial charge in [-0.1, -0.05) is 13.0 Å². The Morgan fingerprint density at radius 2 is 2.12 bits per heavy atom. The highest BCUT2D eigenvalue weighted by Gasteiger charge is 2.14. The van der Waals surface area contributed by atoms with Gasteiger partial charge in [0.2, 0.25) is 5.82 Å². The van der Waals surface area contributed by atoms with Gasteiger partial charge in [0.15, 0.2) is 0 Å². The average Bonchev–Trinajstić information content (AvgIpc) is 2.56. The molecule has 0 aliphatic heterocycles. The Morgan fingerprint density at radius 1 is 1.35 bits per heavy atom. The van der Waals surface area contributed by atoms with E-state index in [0.717, 1.165) is 18.5 Å². The lowest BCUT2D eigenvalue weighted by Gasteiger charge is -2.11. The van der Waals surface area contributed by atoms with Crippen molar-refractivity contribution in [2.75, 3.05) is 6.54 Å². The molecular weight excluding hydrogens is 224 g/mol. The summed E-state index contributed by atoms with van der Waals surface area (Å²) in [5, 5.41) is 3.48. The Labute approximate surface area is 98.6 Å². The molecule has 0 unspecified atom stereocenters. The van der Waals surface area contributed by atoms with E-state index >= 15 is 0 Å². The van der Waals surface area contributed by atoms with Crippen molar-refractivity contribution in [2.45, 2.75) is 26.3 Å². The van der Waals surface area contributed by atoms with E-state index in [-0.39, 0.29) is 11.0 Å². The van der Waals surface area contributed by atoms with Gasteiger partial charge < -0.3 is 9.73 Å². The maximum Gasteiger partial charge on any atom is 0.315 e. The third-order valence-corrected chi connectivity index (χ3v) is 2.75. The number of halogens is 2. The topological polar surface area (TPSA) is 25.2 Å². The van der Waals surface area contributed by atoms with Crippen LogP contribution in [0.4, 0.5) is 8.78 Å². The maximum absolute atomic E-state index is 13.3. The molecule has 1 aromatic carbocycles. The van der Waals surface area contributed by atoms with Crippen molar-refractivity contribution in [3.8, 4) is 0 Å². The van der Waals surface area contributed by atoms with Crippen molar-refractivity contribution in [3.63, 3.8) is 0 Å². The van der Waals surface area contributed by atoms with Gasteiger partial charge in [-0.15, -0.1) is 0 Å². The van der Waals surface area contributed by atoms with Gasteiger partial charge in [0.25, 0.3) is 0 Å². The van der Waals surface area contributed by atoms with Crippen LogP contribution >= 0.6 is 0 Å². The van der Waals surface area contributed by atoms with Crippen LogP contribution in [0.3, 0.4) is 0 Å². The van der Waals surface area contributed by atoms with E-state index in [0.29, 0.717) is 6.04 Å². The largest absolute Gasteiger partial charge is 0.429 e. The van der Waals surface area contributed by atoms with Crippen molar-refractivity contribution >= 4 is 11.0 Å². The Bertz CT molecular complexity index is 521. The molecule has 1 heterocycles. The molecule has 4 heteroatoms. The maximum atomic E-state index is 13.3. The van der Waals surface area contributed by atoms with E-state index in [9.17, 15) is 8.78 Å². The summed E-state index contributed by atoms with van der Waals surface area (Å²) in [7, 11) is 0. The quantitative estimate of drug-likeness (QED) is 0.886. The minimum Gasteiger partial charge on any atom is -0.429 e. The van der Waals surface area contributed by atoms with Crippen LogP contribution in [0.2, 0.25) is 0 Å². The molecule has 0 saturated carbocycles. The van der Waals surface area contributed by atoms with Crippen molar-refractivity contribution < 1.29 is 13.2 Å². The molecule has 2 rings (SSSR count). The standard InChI is InChI=1S/C13H15F2NO/c1-3-16-8(2)6-9-4-5-11-10(7-9)12(14)13(15)17-11/h4-5,7-8,16H,3,6H2,1-2H3/t8-/m0/s1. The molecule has 0 aliphatic rings. The summed E-state index contributed by atoms with van der Waals surface area (Å²) < 4.78 is 30.9. The number of likely N-dealkylation sites (N-methyl/N-ethyl adjacent to an activating group) is 1. The van der Waals surface area contributed by atoms with Gasteiger partial charge >= 0.3 is 6.01 Å². The van der Waals surface area contributed by atoms with E-state index < -0.39 is 11.8 Å². The second kappa shape index (κ2) is 4.84. The molecule has 0 fully saturated rings. The number of furan rings is 1.